The predicted octanol–water partition coefficient (Wildman–Crippen LogP) is 4.40. The Kier molecular flexibility index (Phi) is 4.32. The fraction of sp³-hybridized carbons (Fsp3) is 0.0833. The number of thioether (sulfide) groups is 1. The summed E-state index contributed by atoms with van der Waals surface area (Å²) >= 11 is 13.2. The molecular weight excluding hydrogens is 294 g/mol. The molecule has 0 aliphatic heterocycles. The molecular formula is C12H9Cl2FN2S. The molecule has 0 aliphatic rings. The maximum Gasteiger partial charge on any atom is 0.130 e. The van der Waals surface area contributed by atoms with Crippen LogP contribution < -0.4 is 5.73 Å². The molecule has 0 saturated heterocycles. The van der Waals surface area contributed by atoms with Crippen LogP contribution in [-0.4, -0.2) is 4.98 Å². The van der Waals surface area contributed by atoms with Crippen LogP contribution in [0.5, 0.6) is 0 Å². The maximum absolute atomic E-state index is 13.1. The zero-order valence-corrected chi connectivity index (χ0v) is 11.5. The van der Waals surface area contributed by atoms with Gasteiger partial charge in [-0.05, 0) is 29.8 Å². The Labute approximate surface area is 118 Å². The number of hydrogen-bond acceptors (Lipinski definition) is 3. The van der Waals surface area contributed by atoms with Crippen molar-refractivity contribution in [1.82, 2.24) is 4.98 Å². The lowest BCUT2D eigenvalue weighted by Crippen LogP contribution is -1.89. The number of halogens is 3. The fourth-order valence-electron chi connectivity index (χ4n) is 1.37. The molecule has 2 N–H and O–H groups in total. The second-order valence-corrected chi connectivity index (χ2v) is 5.45. The van der Waals surface area contributed by atoms with E-state index in [9.17, 15) is 4.39 Å². The van der Waals surface area contributed by atoms with Gasteiger partial charge in [0, 0.05) is 27.6 Å². The Morgan fingerprint density at radius 2 is 2.00 bits per heavy atom. The summed E-state index contributed by atoms with van der Waals surface area (Å²) in [7, 11) is 0. The lowest BCUT2D eigenvalue weighted by atomic mass is 10.3. The molecule has 0 spiro atoms. The topological polar surface area (TPSA) is 38.9 Å². The molecule has 0 atom stereocenters. The number of nitrogen functional groups attached to an aromatic ring is 1. The van der Waals surface area contributed by atoms with Gasteiger partial charge < -0.3 is 5.73 Å². The molecule has 0 saturated carbocycles. The minimum absolute atomic E-state index is 0.349. The van der Waals surface area contributed by atoms with Crippen LogP contribution in [0, 0.1) is 5.82 Å². The summed E-state index contributed by atoms with van der Waals surface area (Å²) in [6, 6.07) is 6.00. The largest absolute Gasteiger partial charge is 0.399 e. The maximum atomic E-state index is 13.1. The van der Waals surface area contributed by atoms with Gasteiger partial charge in [-0.15, -0.1) is 11.8 Å². The smallest absolute Gasteiger partial charge is 0.130 e. The molecule has 0 amide bonds. The van der Waals surface area contributed by atoms with Gasteiger partial charge in [0.15, 0.2) is 0 Å². The summed E-state index contributed by atoms with van der Waals surface area (Å²) < 4.78 is 13.1. The zero-order valence-electron chi connectivity index (χ0n) is 9.16. The molecule has 0 bridgehead atoms. The number of benzene rings is 1. The molecule has 2 aromatic rings. The number of hydrogen-bond donors (Lipinski definition) is 1. The van der Waals surface area contributed by atoms with Crippen LogP contribution in [0.1, 0.15) is 5.56 Å². The highest BCUT2D eigenvalue weighted by Gasteiger charge is 2.05. The normalized spacial score (nSPS) is 10.6. The average molecular weight is 303 g/mol. The van der Waals surface area contributed by atoms with Gasteiger partial charge in [-0.1, -0.05) is 23.2 Å². The highest BCUT2D eigenvalue weighted by molar-refractivity contribution is 7.98. The van der Waals surface area contributed by atoms with Crippen molar-refractivity contribution < 1.29 is 4.39 Å². The van der Waals surface area contributed by atoms with Gasteiger partial charge in [-0.3, -0.25) is 0 Å². The van der Waals surface area contributed by atoms with Gasteiger partial charge in [0.05, 0.1) is 0 Å². The van der Waals surface area contributed by atoms with Crippen molar-refractivity contribution in [3.63, 3.8) is 0 Å². The van der Waals surface area contributed by atoms with Gasteiger partial charge >= 0.3 is 0 Å². The van der Waals surface area contributed by atoms with E-state index < -0.39 is 0 Å². The van der Waals surface area contributed by atoms with E-state index in [2.05, 4.69) is 4.98 Å². The van der Waals surface area contributed by atoms with Gasteiger partial charge in [-0.25, -0.2) is 9.37 Å². The number of rotatable bonds is 3. The fourth-order valence-corrected chi connectivity index (χ4v) is 2.85. The Morgan fingerprint density at radius 3 is 2.67 bits per heavy atom. The Bertz CT molecular complexity index is 558. The van der Waals surface area contributed by atoms with Crippen molar-refractivity contribution in [2.75, 3.05) is 5.73 Å². The first-order valence-corrected chi connectivity index (χ1v) is 6.77. The van der Waals surface area contributed by atoms with Crippen molar-refractivity contribution in [2.24, 2.45) is 0 Å². The van der Waals surface area contributed by atoms with E-state index in [1.165, 1.54) is 23.9 Å². The second kappa shape index (κ2) is 5.78. The van der Waals surface area contributed by atoms with Gasteiger partial charge in [0.1, 0.15) is 11.0 Å². The van der Waals surface area contributed by atoms with E-state index >= 15 is 0 Å². The average Bonchev–Trinajstić information content (AvgIpc) is 2.26. The zero-order chi connectivity index (χ0) is 13.1. The minimum Gasteiger partial charge on any atom is -0.399 e. The third kappa shape index (κ3) is 3.51. The van der Waals surface area contributed by atoms with E-state index in [-0.39, 0.29) is 5.82 Å². The van der Waals surface area contributed by atoms with Crippen LogP contribution in [0.2, 0.25) is 10.2 Å². The first-order valence-electron chi connectivity index (χ1n) is 5.03. The van der Waals surface area contributed by atoms with Crippen LogP contribution in [-0.2, 0) is 5.75 Å². The predicted molar refractivity (Wildman–Crippen MR) is 74.6 cm³/mol. The molecule has 1 heterocycles. The van der Waals surface area contributed by atoms with Crippen molar-refractivity contribution in [3.05, 3.63) is 52.0 Å². The molecule has 1 aromatic heterocycles. The van der Waals surface area contributed by atoms with Gasteiger partial charge in [-0.2, -0.15) is 0 Å². The third-order valence-corrected chi connectivity index (χ3v) is 3.77. The standard InChI is InChI=1S/C12H9Cl2FN2S/c13-11-4-12(14)17-5-7(11)6-18-10-2-8(15)1-9(16)3-10/h1-5H,6,16H2. The van der Waals surface area contributed by atoms with E-state index in [4.69, 9.17) is 28.9 Å². The summed E-state index contributed by atoms with van der Waals surface area (Å²) in [4.78, 5) is 4.70. The van der Waals surface area contributed by atoms with Crippen LogP contribution >= 0.6 is 35.0 Å². The van der Waals surface area contributed by atoms with Gasteiger partial charge in [0.25, 0.3) is 0 Å². The lowest BCUT2D eigenvalue weighted by Gasteiger charge is -2.05. The van der Waals surface area contributed by atoms with Gasteiger partial charge in [0.2, 0.25) is 0 Å². The quantitative estimate of drug-likeness (QED) is 0.519. The lowest BCUT2D eigenvalue weighted by molar-refractivity contribution is 0.625. The monoisotopic (exact) mass is 302 g/mol. The highest BCUT2D eigenvalue weighted by atomic mass is 35.5. The number of pyridine rings is 1. The number of anilines is 1. The summed E-state index contributed by atoms with van der Waals surface area (Å²) in [6.07, 6.45) is 1.61. The van der Waals surface area contributed by atoms with E-state index in [1.54, 1.807) is 18.3 Å². The van der Waals surface area contributed by atoms with E-state index in [0.29, 0.717) is 21.6 Å². The molecule has 18 heavy (non-hydrogen) atoms. The van der Waals surface area contributed by atoms with Crippen molar-refractivity contribution in [1.29, 1.82) is 0 Å². The Hall–Kier alpha value is -0.970. The molecule has 0 radical (unpaired) electrons. The van der Waals surface area contributed by atoms with Crippen molar-refractivity contribution in [2.45, 2.75) is 10.6 Å². The molecule has 1 aromatic carbocycles. The highest BCUT2D eigenvalue weighted by Crippen LogP contribution is 2.29. The summed E-state index contributed by atoms with van der Waals surface area (Å²) in [6.45, 7) is 0. The second-order valence-electron chi connectivity index (χ2n) is 3.61. The molecule has 2 nitrogen and oxygen atoms in total. The van der Waals surface area contributed by atoms with Crippen LogP contribution in [0.4, 0.5) is 10.1 Å². The van der Waals surface area contributed by atoms with E-state index in [0.717, 1.165) is 10.5 Å². The molecule has 2 rings (SSSR count). The summed E-state index contributed by atoms with van der Waals surface area (Å²) in [5, 5.41) is 0.899. The molecule has 94 valence electrons. The van der Waals surface area contributed by atoms with Crippen LogP contribution in [0.25, 0.3) is 0 Å². The number of nitrogens with two attached hydrogens (primary N) is 1. The first-order chi connectivity index (χ1) is 8.54. The molecule has 0 aliphatic carbocycles. The summed E-state index contributed by atoms with van der Waals surface area (Å²) in [5.74, 6) is 0.226. The van der Waals surface area contributed by atoms with Crippen LogP contribution in [0.15, 0.2) is 35.4 Å². The first kappa shape index (κ1) is 13.5. The van der Waals surface area contributed by atoms with Crippen LogP contribution in [0.3, 0.4) is 0 Å². The number of nitrogens with zero attached hydrogens (tertiary/aromatic N) is 1. The third-order valence-electron chi connectivity index (χ3n) is 2.18. The molecule has 6 heteroatoms. The Morgan fingerprint density at radius 1 is 1.22 bits per heavy atom. The molecule has 0 unspecified atom stereocenters. The number of aromatic nitrogens is 1. The minimum atomic E-state index is -0.349. The van der Waals surface area contributed by atoms with E-state index in [1.807, 2.05) is 0 Å². The Balaban J connectivity index is 2.11. The SMILES string of the molecule is Nc1cc(F)cc(SCc2cnc(Cl)cc2Cl)c1. The van der Waals surface area contributed by atoms with Crippen molar-refractivity contribution >= 4 is 40.7 Å². The van der Waals surface area contributed by atoms with Crippen molar-refractivity contribution in [3.8, 4) is 0 Å². The summed E-state index contributed by atoms with van der Waals surface area (Å²) in [5.41, 5.74) is 6.81. The molecule has 0 fully saturated rings.